The van der Waals surface area contributed by atoms with Gasteiger partial charge in [0.2, 0.25) is 0 Å². The lowest BCUT2D eigenvalue weighted by atomic mass is 9.33. The van der Waals surface area contributed by atoms with Crippen LogP contribution in [0.1, 0.15) is 92.4 Å². The van der Waals surface area contributed by atoms with E-state index in [0.717, 1.165) is 32.1 Å². The largest absolute Gasteiger partial charge is 0.481 e. The Hall–Kier alpha value is -0.950. The number of hydrogen-bond acceptors (Lipinski definition) is 5. The maximum atomic E-state index is 12.8. The third-order valence-electron chi connectivity index (χ3n) is 13.4. The molecular formula is C30H48O6. The monoisotopic (exact) mass is 504 g/mol. The second-order valence-corrected chi connectivity index (χ2v) is 14.9. The van der Waals surface area contributed by atoms with Gasteiger partial charge in [0.15, 0.2) is 0 Å². The molecule has 11 atom stereocenters. The molecule has 0 saturated heterocycles. The molecule has 0 aromatic carbocycles. The van der Waals surface area contributed by atoms with Crippen molar-refractivity contribution in [3.05, 3.63) is 11.6 Å². The third kappa shape index (κ3) is 3.08. The molecule has 0 aromatic rings. The Kier molecular flexibility index (Phi) is 5.95. The van der Waals surface area contributed by atoms with Crippen LogP contribution >= 0.6 is 0 Å². The van der Waals surface area contributed by atoms with Gasteiger partial charge in [-0.1, -0.05) is 46.3 Å². The van der Waals surface area contributed by atoms with Crippen molar-refractivity contribution in [1.82, 2.24) is 0 Å². The molecule has 4 saturated carbocycles. The standard InChI is InChI=1S/C30H48O6/c1-25(16-31)10-12-30(24(35)36)13-11-28(4)18(19(30)14-25)6-7-22-26(2)15-20(33)23(34)27(3,17-32)21(26)8-9-29(22,28)5/h6,19-23,31-34H,7-17H2,1-5H3,(H,35,36)/t19-,20+,21+,22+,23-,25-,26-,27-,28+,29+,30-/m0/s1. The van der Waals surface area contributed by atoms with E-state index in [4.69, 9.17) is 0 Å². The van der Waals surface area contributed by atoms with Crippen LogP contribution in [-0.2, 0) is 4.79 Å². The maximum Gasteiger partial charge on any atom is 0.310 e. The minimum absolute atomic E-state index is 0.0653. The Labute approximate surface area is 216 Å². The zero-order valence-electron chi connectivity index (χ0n) is 22.9. The van der Waals surface area contributed by atoms with E-state index < -0.39 is 29.0 Å². The van der Waals surface area contributed by atoms with Gasteiger partial charge in [0.1, 0.15) is 0 Å². The van der Waals surface area contributed by atoms with Crippen LogP contribution in [0.5, 0.6) is 0 Å². The summed E-state index contributed by atoms with van der Waals surface area (Å²) in [4.78, 5) is 12.8. The first-order chi connectivity index (χ1) is 16.7. The van der Waals surface area contributed by atoms with E-state index in [1.807, 2.05) is 6.92 Å². The molecule has 0 aromatic heterocycles. The molecular weight excluding hydrogens is 456 g/mol. The predicted molar refractivity (Wildman–Crippen MR) is 137 cm³/mol. The fourth-order valence-electron chi connectivity index (χ4n) is 10.8. The molecule has 204 valence electrons. The van der Waals surface area contributed by atoms with Gasteiger partial charge in [0.05, 0.1) is 24.2 Å². The highest BCUT2D eigenvalue weighted by molar-refractivity contribution is 5.76. The molecule has 5 aliphatic rings. The van der Waals surface area contributed by atoms with Crippen molar-refractivity contribution in [2.24, 2.45) is 50.2 Å². The summed E-state index contributed by atoms with van der Waals surface area (Å²) in [6, 6.07) is 0. The van der Waals surface area contributed by atoms with Crippen molar-refractivity contribution in [3.8, 4) is 0 Å². The molecule has 6 heteroatoms. The second kappa shape index (κ2) is 8.03. The zero-order chi connectivity index (χ0) is 26.5. The van der Waals surface area contributed by atoms with Crippen molar-refractivity contribution >= 4 is 5.97 Å². The zero-order valence-corrected chi connectivity index (χ0v) is 22.9. The highest BCUT2D eigenvalue weighted by Gasteiger charge is 2.70. The lowest BCUT2D eigenvalue weighted by Crippen LogP contribution is -2.68. The maximum absolute atomic E-state index is 12.8. The summed E-state index contributed by atoms with van der Waals surface area (Å²) >= 11 is 0. The highest BCUT2D eigenvalue weighted by atomic mass is 16.4. The van der Waals surface area contributed by atoms with E-state index in [9.17, 15) is 30.3 Å². The number of carboxylic acids is 1. The number of fused-ring (bicyclic) bond motifs is 7. The van der Waals surface area contributed by atoms with Gasteiger partial charge in [-0.05, 0) is 97.2 Å². The minimum Gasteiger partial charge on any atom is -0.481 e. The molecule has 4 fully saturated rings. The Morgan fingerprint density at radius 2 is 1.58 bits per heavy atom. The van der Waals surface area contributed by atoms with Crippen molar-refractivity contribution in [2.75, 3.05) is 13.2 Å². The fraction of sp³-hybridized carbons (Fsp3) is 0.900. The molecule has 0 amide bonds. The summed E-state index contributed by atoms with van der Waals surface area (Å²) in [5.41, 5.74) is -0.896. The van der Waals surface area contributed by atoms with Gasteiger partial charge < -0.3 is 25.5 Å². The molecule has 6 nitrogen and oxygen atoms in total. The SMILES string of the molecule is C[C@]1(CO)CC[C@]2(C(=O)O)CC[C@]3(C)C(=CC[C@@H]4[C@@]5(C)C[C@@H](O)[C@H](O)[C@@](C)(CO)[C@@H]5CC[C@]43C)[C@@H]2C1. The first-order valence-electron chi connectivity index (χ1n) is 14.2. The summed E-state index contributed by atoms with van der Waals surface area (Å²) in [5, 5.41) is 53.1. The lowest BCUT2D eigenvalue weighted by molar-refractivity contribution is -0.243. The van der Waals surface area contributed by atoms with Crippen LogP contribution < -0.4 is 0 Å². The van der Waals surface area contributed by atoms with Gasteiger partial charge in [0.25, 0.3) is 0 Å². The molecule has 0 aliphatic heterocycles. The molecule has 0 bridgehead atoms. The summed E-state index contributed by atoms with van der Waals surface area (Å²) in [5.74, 6) is -0.360. The van der Waals surface area contributed by atoms with E-state index in [0.29, 0.717) is 25.7 Å². The van der Waals surface area contributed by atoms with Crippen molar-refractivity contribution in [2.45, 2.75) is 105 Å². The van der Waals surface area contributed by atoms with Gasteiger partial charge in [-0.2, -0.15) is 0 Å². The summed E-state index contributed by atoms with van der Waals surface area (Å²) < 4.78 is 0. The van der Waals surface area contributed by atoms with Crippen molar-refractivity contribution in [1.29, 1.82) is 0 Å². The van der Waals surface area contributed by atoms with Crippen LogP contribution in [0.15, 0.2) is 11.6 Å². The molecule has 5 rings (SSSR count). The number of carbonyl (C=O) groups is 1. The molecule has 0 spiro atoms. The average Bonchev–Trinajstić information content (AvgIpc) is 2.83. The number of allylic oxidation sites excluding steroid dienone is 2. The molecule has 36 heavy (non-hydrogen) atoms. The Morgan fingerprint density at radius 3 is 2.19 bits per heavy atom. The number of aliphatic hydroxyl groups is 4. The number of rotatable bonds is 3. The van der Waals surface area contributed by atoms with Gasteiger partial charge in [0, 0.05) is 12.0 Å². The third-order valence-corrected chi connectivity index (χ3v) is 13.4. The highest BCUT2D eigenvalue weighted by Crippen LogP contribution is 2.75. The van der Waals surface area contributed by atoms with Crippen LogP contribution in [0.25, 0.3) is 0 Å². The number of aliphatic hydroxyl groups excluding tert-OH is 4. The topological polar surface area (TPSA) is 118 Å². The van der Waals surface area contributed by atoms with Crippen LogP contribution in [0.4, 0.5) is 0 Å². The van der Waals surface area contributed by atoms with E-state index in [-0.39, 0.29) is 52.6 Å². The Morgan fingerprint density at radius 1 is 0.917 bits per heavy atom. The molecule has 5 aliphatic carbocycles. The molecule has 5 N–H and O–H groups in total. The van der Waals surface area contributed by atoms with Gasteiger partial charge in [-0.3, -0.25) is 4.79 Å². The number of hydrogen-bond donors (Lipinski definition) is 5. The average molecular weight is 505 g/mol. The van der Waals surface area contributed by atoms with Crippen LogP contribution in [0, 0.1) is 50.2 Å². The van der Waals surface area contributed by atoms with Gasteiger partial charge >= 0.3 is 5.97 Å². The Bertz CT molecular complexity index is 963. The van der Waals surface area contributed by atoms with E-state index in [2.05, 4.69) is 33.8 Å². The second-order valence-electron chi connectivity index (χ2n) is 14.9. The number of carboxylic acid groups (broad SMARTS) is 1. The minimum atomic E-state index is -0.931. The van der Waals surface area contributed by atoms with Gasteiger partial charge in [-0.15, -0.1) is 0 Å². The van der Waals surface area contributed by atoms with Gasteiger partial charge in [-0.25, -0.2) is 0 Å². The number of aliphatic carboxylic acids is 1. The summed E-state index contributed by atoms with van der Waals surface area (Å²) in [6.07, 6.45) is 7.37. The van der Waals surface area contributed by atoms with Crippen molar-refractivity contribution in [3.63, 3.8) is 0 Å². The predicted octanol–water partition coefficient (Wildman–Crippen LogP) is 4.15. The van der Waals surface area contributed by atoms with E-state index in [1.165, 1.54) is 5.57 Å². The first kappa shape index (κ1) is 26.6. The smallest absolute Gasteiger partial charge is 0.310 e. The lowest BCUT2D eigenvalue weighted by Gasteiger charge is -2.71. The molecule has 0 unspecified atom stereocenters. The van der Waals surface area contributed by atoms with E-state index in [1.54, 1.807) is 0 Å². The van der Waals surface area contributed by atoms with Crippen molar-refractivity contribution < 1.29 is 30.3 Å². The van der Waals surface area contributed by atoms with Crippen LogP contribution in [-0.4, -0.2) is 56.9 Å². The van der Waals surface area contributed by atoms with E-state index >= 15 is 0 Å². The van der Waals surface area contributed by atoms with Crippen LogP contribution in [0.2, 0.25) is 0 Å². The Balaban J connectivity index is 1.61. The first-order valence-corrected chi connectivity index (χ1v) is 14.2. The summed E-state index contributed by atoms with van der Waals surface area (Å²) in [7, 11) is 0. The van der Waals surface area contributed by atoms with Crippen LogP contribution in [0.3, 0.4) is 0 Å². The fourth-order valence-corrected chi connectivity index (χ4v) is 10.8. The normalized spacial score (nSPS) is 56.5. The molecule has 0 heterocycles. The molecule has 0 radical (unpaired) electrons. The summed E-state index contributed by atoms with van der Waals surface area (Å²) in [6.45, 7) is 11.0. The quantitative estimate of drug-likeness (QED) is 0.369.